The van der Waals surface area contributed by atoms with E-state index < -0.39 is 12.0 Å². The van der Waals surface area contributed by atoms with Gasteiger partial charge in [-0.15, -0.1) is 0 Å². The molecule has 0 saturated carbocycles. The summed E-state index contributed by atoms with van der Waals surface area (Å²) in [5.74, 6) is -0.960. The molecule has 2 aromatic rings. The van der Waals surface area contributed by atoms with Crippen molar-refractivity contribution in [3.63, 3.8) is 0 Å². The molecule has 3 N–H and O–H groups in total. The molecule has 2 rings (SSSR count). The average molecular weight is 272 g/mol. The second-order valence-electron chi connectivity index (χ2n) is 5.12. The van der Waals surface area contributed by atoms with Crippen LogP contribution < -0.4 is 5.73 Å². The highest BCUT2D eigenvalue weighted by Crippen LogP contribution is 2.18. The van der Waals surface area contributed by atoms with Crippen molar-refractivity contribution in [2.24, 2.45) is 5.73 Å². The lowest BCUT2D eigenvalue weighted by atomic mass is 10.1. The van der Waals surface area contributed by atoms with Gasteiger partial charge in [-0.25, -0.2) is 0 Å². The molecule has 1 heterocycles. The Morgan fingerprint density at radius 1 is 1.30 bits per heavy atom. The predicted molar refractivity (Wildman–Crippen MR) is 78.8 cm³/mol. The average Bonchev–Trinajstić information content (AvgIpc) is 2.67. The number of carbonyl (C=O) groups is 1. The van der Waals surface area contributed by atoms with E-state index in [-0.39, 0.29) is 0 Å². The van der Waals surface area contributed by atoms with Crippen LogP contribution in [0, 0.1) is 13.8 Å². The lowest BCUT2D eigenvalue weighted by molar-refractivity contribution is -0.138. The highest BCUT2D eigenvalue weighted by molar-refractivity contribution is 5.73. The molecule has 0 aliphatic carbocycles. The Balaban J connectivity index is 2.23. The monoisotopic (exact) mass is 272 g/mol. The van der Waals surface area contributed by atoms with Crippen LogP contribution in [0.1, 0.15) is 22.5 Å². The molecule has 0 amide bonds. The molecule has 1 aromatic heterocycles. The van der Waals surface area contributed by atoms with Gasteiger partial charge in [-0.05, 0) is 37.5 Å². The third kappa shape index (κ3) is 3.08. The van der Waals surface area contributed by atoms with E-state index >= 15 is 0 Å². The summed E-state index contributed by atoms with van der Waals surface area (Å²) in [6, 6.07) is 11.4. The lowest BCUT2D eigenvalue weighted by Crippen LogP contribution is -2.32. The van der Waals surface area contributed by atoms with Gasteiger partial charge in [0.05, 0.1) is 0 Å². The fraction of sp³-hybridized carbons (Fsp3) is 0.312. The number of aryl methyl sites for hydroxylation is 1. The van der Waals surface area contributed by atoms with E-state index in [4.69, 9.17) is 10.8 Å². The van der Waals surface area contributed by atoms with Crippen molar-refractivity contribution in [1.29, 1.82) is 0 Å². The smallest absolute Gasteiger partial charge is 0.320 e. The van der Waals surface area contributed by atoms with Crippen molar-refractivity contribution < 1.29 is 9.90 Å². The van der Waals surface area contributed by atoms with Gasteiger partial charge in [-0.3, -0.25) is 4.79 Å². The molecule has 1 atom stereocenters. The van der Waals surface area contributed by atoms with Crippen LogP contribution in [0.4, 0.5) is 0 Å². The topological polar surface area (TPSA) is 68.2 Å². The number of benzene rings is 1. The Hall–Kier alpha value is -2.07. The largest absolute Gasteiger partial charge is 0.480 e. The maximum Gasteiger partial charge on any atom is 0.320 e. The van der Waals surface area contributed by atoms with Crippen molar-refractivity contribution in [1.82, 2.24) is 4.57 Å². The lowest BCUT2D eigenvalue weighted by Gasteiger charge is -2.11. The van der Waals surface area contributed by atoms with E-state index in [9.17, 15) is 4.79 Å². The van der Waals surface area contributed by atoms with Gasteiger partial charge >= 0.3 is 5.97 Å². The van der Waals surface area contributed by atoms with Gasteiger partial charge in [0.1, 0.15) is 6.04 Å². The molecule has 4 heteroatoms. The van der Waals surface area contributed by atoms with E-state index in [1.165, 1.54) is 5.56 Å². The summed E-state index contributed by atoms with van der Waals surface area (Å²) in [5, 5.41) is 8.91. The summed E-state index contributed by atoms with van der Waals surface area (Å²) in [4.78, 5) is 10.9. The predicted octanol–water partition coefficient (Wildman–Crippen LogP) is 2.11. The molecular weight excluding hydrogens is 252 g/mol. The van der Waals surface area contributed by atoms with Crippen molar-refractivity contribution in [2.45, 2.75) is 32.9 Å². The zero-order chi connectivity index (χ0) is 14.7. The van der Waals surface area contributed by atoms with Gasteiger partial charge in [0, 0.05) is 17.9 Å². The molecule has 4 nitrogen and oxygen atoms in total. The van der Waals surface area contributed by atoms with Crippen LogP contribution in [0.15, 0.2) is 36.4 Å². The Morgan fingerprint density at radius 3 is 2.55 bits per heavy atom. The van der Waals surface area contributed by atoms with Crippen molar-refractivity contribution in [2.75, 3.05) is 0 Å². The van der Waals surface area contributed by atoms with Gasteiger partial charge < -0.3 is 15.4 Å². The maximum absolute atomic E-state index is 10.9. The van der Waals surface area contributed by atoms with E-state index in [0.717, 1.165) is 23.5 Å². The number of nitrogens with two attached hydrogens (primary N) is 1. The van der Waals surface area contributed by atoms with Gasteiger partial charge in [0.25, 0.3) is 0 Å². The molecule has 1 aromatic carbocycles. The number of aromatic nitrogens is 1. The second-order valence-corrected chi connectivity index (χ2v) is 5.12. The maximum atomic E-state index is 10.9. The summed E-state index contributed by atoms with van der Waals surface area (Å²) >= 11 is 0. The van der Waals surface area contributed by atoms with E-state index in [1.54, 1.807) is 0 Å². The number of carboxylic acids is 1. The molecule has 20 heavy (non-hydrogen) atoms. The Bertz CT molecular complexity index is 602. The normalized spacial score (nSPS) is 12.3. The molecule has 0 fully saturated rings. The van der Waals surface area contributed by atoms with Gasteiger partial charge in [0.15, 0.2) is 0 Å². The zero-order valence-corrected chi connectivity index (χ0v) is 11.8. The van der Waals surface area contributed by atoms with Gasteiger partial charge in [-0.2, -0.15) is 0 Å². The molecule has 106 valence electrons. The molecule has 0 aliphatic heterocycles. The number of hydrogen-bond acceptors (Lipinski definition) is 2. The number of aliphatic carboxylic acids is 1. The van der Waals surface area contributed by atoms with Crippen molar-refractivity contribution >= 4 is 5.97 Å². The van der Waals surface area contributed by atoms with Crippen LogP contribution in [0.3, 0.4) is 0 Å². The molecule has 0 aliphatic rings. The van der Waals surface area contributed by atoms with E-state index in [0.29, 0.717) is 6.42 Å². The number of rotatable bonds is 5. The SMILES string of the molecule is Cc1cc(CC(N)C(=O)O)c(C)n1Cc1ccccc1. The Kier molecular flexibility index (Phi) is 4.25. The quantitative estimate of drug-likeness (QED) is 0.876. The third-order valence-electron chi connectivity index (χ3n) is 3.62. The second kappa shape index (κ2) is 5.92. The minimum absolute atomic E-state index is 0.365. The van der Waals surface area contributed by atoms with Gasteiger partial charge in [0.2, 0.25) is 0 Å². The first-order valence-corrected chi connectivity index (χ1v) is 6.67. The highest BCUT2D eigenvalue weighted by Gasteiger charge is 2.16. The number of nitrogens with zero attached hydrogens (tertiary/aromatic N) is 1. The summed E-state index contributed by atoms with van der Waals surface area (Å²) in [7, 11) is 0. The fourth-order valence-electron chi connectivity index (χ4n) is 2.41. The molecule has 0 saturated heterocycles. The summed E-state index contributed by atoms with van der Waals surface area (Å²) in [6.45, 7) is 4.84. The Morgan fingerprint density at radius 2 is 1.95 bits per heavy atom. The minimum atomic E-state index is -0.960. The molecule has 1 unspecified atom stereocenters. The van der Waals surface area contributed by atoms with Crippen LogP contribution in [-0.4, -0.2) is 21.7 Å². The van der Waals surface area contributed by atoms with Crippen molar-refractivity contribution in [3.8, 4) is 0 Å². The summed E-state index contributed by atoms with van der Waals surface area (Å²) in [5.41, 5.74) is 10.1. The minimum Gasteiger partial charge on any atom is -0.480 e. The first-order valence-electron chi connectivity index (χ1n) is 6.67. The van der Waals surface area contributed by atoms with Crippen molar-refractivity contribution in [3.05, 3.63) is 58.9 Å². The highest BCUT2D eigenvalue weighted by atomic mass is 16.4. The fourth-order valence-corrected chi connectivity index (χ4v) is 2.41. The van der Waals surface area contributed by atoms with Crippen LogP contribution >= 0.6 is 0 Å². The number of carboxylic acid groups (broad SMARTS) is 1. The molecule has 0 bridgehead atoms. The number of hydrogen-bond donors (Lipinski definition) is 2. The third-order valence-corrected chi connectivity index (χ3v) is 3.62. The molecular formula is C16H20N2O2. The zero-order valence-electron chi connectivity index (χ0n) is 11.8. The standard InChI is InChI=1S/C16H20N2O2/c1-11-8-14(9-15(17)16(19)20)12(2)18(11)10-13-6-4-3-5-7-13/h3-8,15H,9-10,17H2,1-2H3,(H,19,20). The first kappa shape index (κ1) is 14.3. The van der Waals surface area contributed by atoms with Crippen LogP contribution in [0.2, 0.25) is 0 Å². The van der Waals surface area contributed by atoms with Crippen LogP contribution in [0.5, 0.6) is 0 Å². The Labute approximate surface area is 118 Å². The summed E-state index contributed by atoms with van der Waals surface area (Å²) < 4.78 is 2.19. The molecule has 0 radical (unpaired) electrons. The van der Waals surface area contributed by atoms with Crippen LogP contribution in [0.25, 0.3) is 0 Å². The van der Waals surface area contributed by atoms with E-state index in [2.05, 4.69) is 16.7 Å². The molecule has 0 spiro atoms. The first-order chi connectivity index (χ1) is 9.49. The summed E-state index contributed by atoms with van der Waals surface area (Å²) in [6.07, 6.45) is 0.365. The van der Waals surface area contributed by atoms with Gasteiger partial charge in [-0.1, -0.05) is 30.3 Å². The van der Waals surface area contributed by atoms with Crippen LogP contribution in [-0.2, 0) is 17.8 Å². The van der Waals surface area contributed by atoms with E-state index in [1.807, 2.05) is 38.1 Å².